The smallest absolute Gasteiger partial charge is 0.251 e. The van der Waals surface area contributed by atoms with Crippen LogP contribution in [0.2, 0.25) is 0 Å². The molecule has 0 fully saturated rings. The van der Waals surface area contributed by atoms with Gasteiger partial charge in [-0.15, -0.1) is 11.3 Å². The second kappa shape index (κ2) is 8.67. The Hall–Kier alpha value is -3.51. The molecule has 2 N–H and O–H groups in total. The predicted molar refractivity (Wildman–Crippen MR) is 116 cm³/mol. The lowest BCUT2D eigenvalue weighted by atomic mass is 10.0. The summed E-state index contributed by atoms with van der Waals surface area (Å²) in [5.41, 5.74) is 4.77. The molecule has 1 atom stereocenters. The van der Waals surface area contributed by atoms with Gasteiger partial charge in [0.1, 0.15) is 6.04 Å². The summed E-state index contributed by atoms with van der Waals surface area (Å²) in [4.78, 5) is 30.0. The standard InChI is InChI=1S/C23H19N3O2S/c27-22(17-11-12-19-21(14-17)29-15-24-19)26-20(13-16-7-3-1-4-8-16)23(28)25-18-9-5-2-6-10-18/h1-12,14-15,20H,13H2,(H,25,28)(H,26,27)/t20-/m1/s1. The van der Waals surface area contributed by atoms with Crippen molar-refractivity contribution in [2.45, 2.75) is 12.5 Å². The summed E-state index contributed by atoms with van der Waals surface area (Å²) in [7, 11) is 0. The van der Waals surface area contributed by atoms with Crippen LogP contribution >= 0.6 is 11.3 Å². The fourth-order valence-electron chi connectivity index (χ4n) is 3.05. The van der Waals surface area contributed by atoms with Crippen LogP contribution in [-0.4, -0.2) is 22.8 Å². The Bertz CT molecular complexity index is 1130. The van der Waals surface area contributed by atoms with Gasteiger partial charge < -0.3 is 10.6 Å². The predicted octanol–water partition coefficient (Wildman–Crippen LogP) is 4.28. The topological polar surface area (TPSA) is 71.1 Å². The van der Waals surface area contributed by atoms with Crippen LogP contribution in [0.1, 0.15) is 15.9 Å². The van der Waals surface area contributed by atoms with E-state index in [0.29, 0.717) is 17.7 Å². The Balaban J connectivity index is 1.55. The highest BCUT2D eigenvalue weighted by molar-refractivity contribution is 7.16. The molecule has 1 heterocycles. The van der Waals surface area contributed by atoms with Gasteiger partial charge in [-0.3, -0.25) is 9.59 Å². The summed E-state index contributed by atoms with van der Waals surface area (Å²) in [6.45, 7) is 0. The molecule has 2 amide bonds. The molecule has 0 bridgehead atoms. The summed E-state index contributed by atoms with van der Waals surface area (Å²) < 4.78 is 0.936. The molecule has 4 aromatic rings. The zero-order valence-corrected chi connectivity index (χ0v) is 16.4. The number of anilines is 1. The fourth-order valence-corrected chi connectivity index (χ4v) is 3.76. The molecule has 5 nitrogen and oxygen atoms in total. The second-order valence-electron chi connectivity index (χ2n) is 6.61. The first kappa shape index (κ1) is 18.8. The van der Waals surface area contributed by atoms with E-state index in [2.05, 4.69) is 15.6 Å². The molecule has 29 heavy (non-hydrogen) atoms. The number of nitrogens with one attached hydrogen (secondary N) is 2. The van der Waals surface area contributed by atoms with E-state index in [4.69, 9.17) is 0 Å². The van der Waals surface area contributed by atoms with Crippen LogP contribution < -0.4 is 10.6 Å². The first-order valence-corrected chi connectivity index (χ1v) is 10.1. The third kappa shape index (κ3) is 4.67. The molecule has 0 aliphatic carbocycles. The Morgan fingerprint density at radius 2 is 1.66 bits per heavy atom. The van der Waals surface area contributed by atoms with Gasteiger partial charge >= 0.3 is 0 Å². The number of fused-ring (bicyclic) bond motifs is 1. The van der Waals surface area contributed by atoms with E-state index in [0.717, 1.165) is 15.8 Å². The number of para-hydroxylation sites is 1. The highest BCUT2D eigenvalue weighted by Crippen LogP contribution is 2.19. The van der Waals surface area contributed by atoms with E-state index in [1.807, 2.05) is 66.7 Å². The first-order chi connectivity index (χ1) is 14.2. The third-order valence-corrected chi connectivity index (χ3v) is 5.33. The number of carbonyl (C=O) groups excluding carboxylic acids is 2. The van der Waals surface area contributed by atoms with E-state index in [1.165, 1.54) is 11.3 Å². The number of benzene rings is 3. The molecule has 6 heteroatoms. The van der Waals surface area contributed by atoms with Crippen molar-refractivity contribution in [3.8, 4) is 0 Å². The summed E-state index contributed by atoms with van der Waals surface area (Å²) >= 11 is 1.48. The average molecular weight is 401 g/mol. The van der Waals surface area contributed by atoms with Gasteiger partial charge in [0.25, 0.3) is 5.91 Å². The maximum atomic E-state index is 12.9. The van der Waals surface area contributed by atoms with E-state index < -0.39 is 6.04 Å². The highest BCUT2D eigenvalue weighted by Gasteiger charge is 2.22. The van der Waals surface area contributed by atoms with Gasteiger partial charge in [-0.1, -0.05) is 48.5 Å². The van der Waals surface area contributed by atoms with Gasteiger partial charge in [-0.2, -0.15) is 0 Å². The van der Waals surface area contributed by atoms with Crippen molar-refractivity contribution in [3.05, 3.63) is 95.5 Å². The monoisotopic (exact) mass is 401 g/mol. The van der Waals surface area contributed by atoms with Crippen molar-refractivity contribution in [2.75, 3.05) is 5.32 Å². The van der Waals surface area contributed by atoms with Crippen LogP contribution in [0.4, 0.5) is 5.69 Å². The van der Waals surface area contributed by atoms with E-state index in [-0.39, 0.29) is 11.8 Å². The summed E-state index contributed by atoms with van der Waals surface area (Å²) in [5.74, 6) is -0.545. The van der Waals surface area contributed by atoms with Crippen molar-refractivity contribution in [2.24, 2.45) is 0 Å². The molecule has 0 aliphatic rings. The van der Waals surface area contributed by atoms with Gasteiger partial charge in [0, 0.05) is 17.7 Å². The molecular weight excluding hydrogens is 382 g/mol. The maximum absolute atomic E-state index is 12.9. The number of hydrogen-bond acceptors (Lipinski definition) is 4. The number of amides is 2. The molecular formula is C23H19N3O2S. The average Bonchev–Trinajstić information content (AvgIpc) is 3.22. The zero-order valence-electron chi connectivity index (χ0n) is 15.5. The zero-order chi connectivity index (χ0) is 20.1. The second-order valence-corrected chi connectivity index (χ2v) is 7.49. The largest absolute Gasteiger partial charge is 0.340 e. The normalized spacial score (nSPS) is 11.7. The van der Waals surface area contributed by atoms with Crippen LogP contribution in [-0.2, 0) is 11.2 Å². The number of carbonyl (C=O) groups is 2. The van der Waals surface area contributed by atoms with Crippen molar-refractivity contribution in [3.63, 3.8) is 0 Å². The highest BCUT2D eigenvalue weighted by atomic mass is 32.1. The molecule has 0 radical (unpaired) electrons. The van der Waals surface area contributed by atoms with Crippen LogP contribution in [0.15, 0.2) is 84.4 Å². The first-order valence-electron chi connectivity index (χ1n) is 9.23. The summed E-state index contributed by atoms with van der Waals surface area (Å²) in [6, 6.07) is 23.5. The minimum absolute atomic E-state index is 0.257. The minimum atomic E-state index is -0.706. The van der Waals surface area contributed by atoms with Crippen molar-refractivity contribution >= 4 is 39.1 Å². The van der Waals surface area contributed by atoms with Crippen LogP contribution in [0.5, 0.6) is 0 Å². The molecule has 1 aromatic heterocycles. The fraction of sp³-hybridized carbons (Fsp3) is 0.0870. The molecule has 3 aromatic carbocycles. The van der Waals surface area contributed by atoms with Gasteiger partial charge in [-0.25, -0.2) is 4.98 Å². The van der Waals surface area contributed by atoms with Gasteiger partial charge in [0.15, 0.2) is 0 Å². The number of thiazole rings is 1. The molecule has 0 saturated carbocycles. The lowest BCUT2D eigenvalue weighted by Crippen LogP contribution is -2.45. The van der Waals surface area contributed by atoms with Gasteiger partial charge in [0.05, 0.1) is 15.7 Å². The van der Waals surface area contributed by atoms with E-state index in [9.17, 15) is 9.59 Å². The van der Waals surface area contributed by atoms with E-state index in [1.54, 1.807) is 17.6 Å². The lowest BCUT2D eigenvalue weighted by molar-refractivity contribution is -0.118. The molecule has 0 spiro atoms. The van der Waals surface area contributed by atoms with E-state index >= 15 is 0 Å². The van der Waals surface area contributed by atoms with Crippen LogP contribution in [0.25, 0.3) is 10.2 Å². The number of hydrogen-bond donors (Lipinski definition) is 2. The number of rotatable bonds is 6. The summed E-state index contributed by atoms with van der Waals surface area (Å²) in [5, 5.41) is 5.77. The molecule has 144 valence electrons. The lowest BCUT2D eigenvalue weighted by Gasteiger charge is -2.19. The van der Waals surface area contributed by atoms with Crippen LogP contribution in [0.3, 0.4) is 0 Å². The van der Waals surface area contributed by atoms with Crippen molar-refractivity contribution < 1.29 is 9.59 Å². The number of nitrogens with zero attached hydrogens (tertiary/aromatic N) is 1. The SMILES string of the molecule is O=C(N[C@H](Cc1ccccc1)C(=O)Nc1ccccc1)c1ccc2ncsc2c1. The Labute approximate surface area is 172 Å². The molecule has 4 rings (SSSR count). The third-order valence-electron chi connectivity index (χ3n) is 4.54. The molecule has 0 aliphatic heterocycles. The minimum Gasteiger partial charge on any atom is -0.340 e. The Morgan fingerprint density at radius 1 is 0.931 bits per heavy atom. The molecule has 0 saturated heterocycles. The summed E-state index contributed by atoms with van der Waals surface area (Å²) in [6.07, 6.45) is 0.397. The van der Waals surface area contributed by atoms with Crippen LogP contribution in [0, 0.1) is 0 Å². The molecule has 0 unspecified atom stereocenters. The maximum Gasteiger partial charge on any atom is 0.251 e. The van der Waals surface area contributed by atoms with Gasteiger partial charge in [-0.05, 0) is 35.9 Å². The Kier molecular flexibility index (Phi) is 5.63. The quantitative estimate of drug-likeness (QED) is 0.507. The van der Waals surface area contributed by atoms with Crippen molar-refractivity contribution in [1.82, 2.24) is 10.3 Å². The van der Waals surface area contributed by atoms with Gasteiger partial charge in [0.2, 0.25) is 5.91 Å². The Morgan fingerprint density at radius 3 is 2.41 bits per heavy atom. The van der Waals surface area contributed by atoms with Crippen molar-refractivity contribution in [1.29, 1.82) is 0 Å². The number of aromatic nitrogens is 1.